The van der Waals surface area contributed by atoms with Crippen LogP contribution in [0.3, 0.4) is 0 Å². The standard InChI is InChI=1S/C18H16ClF2N3O2/c19-12-4-6-13(7-5-12)24-10-11(8-16(24)25)9-22-18(26)23-17-14(20)2-1-3-15(17)21/h1-7,11H,8-10H2,(H2,22,23,26)/t11-/m0/s1. The summed E-state index contributed by atoms with van der Waals surface area (Å²) < 4.78 is 27.1. The molecule has 136 valence electrons. The van der Waals surface area contributed by atoms with Crippen molar-refractivity contribution in [2.24, 2.45) is 5.92 Å². The van der Waals surface area contributed by atoms with Gasteiger partial charge in [0.15, 0.2) is 0 Å². The van der Waals surface area contributed by atoms with Crippen molar-refractivity contribution < 1.29 is 18.4 Å². The highest BCUT2D eigenvalue weighted by Gasteiger charge is 2.30. The maximum absolute atomic E-state index is 13.5. The van der Waals surface area contributed by atoms with Crippen molar-refractivity contribution in [1.82, 2.24) is 5.32 Å². The number of hydrogen-bond acceptors (Lipinski definition) is 2. The third-order valence-corrected chi connectivity index (χ3v) is 4.35. The van der Waals surface area contributed by atoms with Crippen molar-refractivity contribution in [1.29, 1.82) is 0 Å². The van der Waals surface area contributed by atoms with Crippen LogP contribution in [0.1, 0.15) is 6.42 Å². The SMILES string of the molecule is O=C(NC[C@@H]1CC(=O)N(c2ccc(Cl)cc2)C1)Nc1c(F)cccc1F. The van der Waals surface area contributed by atoms with Crippen molar-refractivity contribution in [2.75, 3.05) is 23.3 Å². The van der Waals surface area contributed by atoms with E-state index in [1.54, 1.807) is 29.2 Å². The van der Waals surface area contributed by atoms with Crippen LogP contribution in [0, 0.1) is 17.6 Å². The minimum Gasteiger partial charge on any atom is -0.338 e. The number of amides is 3. The molecular formula is C18H16ClF2N3O2. The number of carbonyl (C=O) groups excluding carboxylic acids is 2. The van der Waals surface area contributed by atoms with Crippen LogP contribution in [0.2, 0.25) is 5.02 Å². The zero-order valence-corrected chi connectivity index (χ0v) is 14.4. The van der Waals surface area contributed by atoms with Crippen LogP contribution in [0.15, 0.2) is 42.5 Å². The van der Waals surface area contributed by atoms with Crippen molar-refractivity contribution in [3.8, 4) is 0 Å². The van der Waals surface area contributed by atoms with Crippen molar-refractivity contribution in [3.63, 3.8) is 0 Å². The lowest BCUT2D eigenvalue weighted by molar-refractivity contribution is -0.117. The minimum atomic E-state index is -0.856. The molecule has 0 saturated carbocycles. The molecule has 0 radical (unpaired) electrons. The summed E-state index contributed by atoms with van der Waals surface area (Å²) in [5, 5.41) is 5.27. The van der Waals surface area contributed by atoms with Gasteiger partial charge in [0.25, 0.3) is 0 Å². The number of hydrogen-bond donors (Lipinski definition) is 2. The van der Waals surface area contributed by atoms with Gasteiger partial charge in [-0.15, -0.1) is 0 Å². The van der Waals surface area contributed by atoms with E-state index in [2.05, 4.69) is 10.6 Å². The molecule has 1 fully saturated rings. The number of anilines is 2. The summed E-state index contributed by atoms with van der Waals surface area (Å²) in [5.74, 6) is -1.87. The van der Waals surface area contributed by atoms with Gasteiger partial charge in [-0.3, -0.25) is 4.79 Å². The maximum Gasteiger partial charge on any atom is 0.319 e. The van der Waals surface area contributed by atoms with Crippen LogP contribution in [-0.4, -0.2) is 25.0 Å². The molecule has 1 heterocycles. The van der Waals surface area contributed by atoms with Gasteiger partial charge in [-0.1, -0.05) is 17.7 Å². The van der Waals surface area contributed by atoms with Crippen LogP contribution in [0.25, 0.3) is 0 Å². The van der Waals surface area contributed by atoms with Crippen LogP contribution in [-0.2, 0) is 4.79 Å². The van der Waals surface area contributed by atoms with E-state index in [9.17, 15) is 18.4 Å². The van der Waals surface area contributed by atoms with Gasteiger partial charge in [-0.25, -0.2) is 13.6 Å². The lowest BCUT2D eigenvalue weighted by Crippen LogP contribution is -2.34. The molecule has 1 aliphatic rings. The van der Waals surface area contributed by atoms with E-state index in [1.807, 2.05) is 0 Å². The second-order valence-electron chi connectivity index (χ2n) is 5.98. The topological polar surface area (TPSA) is 61.4 Å². The molecule has 2 aromatic carbocycles. The van der Waals surface area contributed by atoms with E-state index in [1.165, 1.54) is 6.07 Å². The van der Waals surface area contributed by atoms with E-state index in [0.29, 0.717) is 11.6 Å². The average molecular weight is 380 g/mol. The Labute approximate surface area is 153 Å². The second kappa shape index (κ2) is 7.70. The molecule has 0 unspecified atom stereocenters. The highest BCUT2D eigenvalue weighted by atomic mass is 35.5. The summed E-state index contributed by atoms with van der Waals surface area (Å²) in [6.45, 7) is 0.645. The number of carbonyl (C=O) groups is 2. The Morgan fingerprint density at radius 3 is 2.46 bits per heavy atom. The van der Waals surface area contributed by atoms with E-state index in [4.69, 9.17) is 11.6 Å². The maximum atomic E-state index is 13.5. The summed E-state index contributed by atoms with van der Waals surface area (Å²) in [4.78, 5) is 25.7. The summed E-state index contributed by atoms with van der Waals surface area (Å²) in [5.41, 5.74) is 0.232. The molecule has 0 aromatic heterocycles. The Bertz CT molecular complexity index is 809. The number of nitrogens with one attached hydrogen (secondary N) is 2. The van der Waals surface area contributed by atoms with Gasteiger partial charge in [-0.2, -0.15) is 0 Å². The number of urea groups is 1. The fourth-order valence-electron chi connectivity index (χ4n) is 2.80. The van der Waals surface area contributed by atoms with Crippen molar-refractivity contribution in [2.45, 2.75) is 6.42 Å². The predicted molar refractivity (Wildman–Crippen MR) is 95.3 cm³/mol. The minimum absolute atomic E-state index is 0.0559. The predicted octanol–water partition coefficient (Wildman–Crippen LogP) is 3.79. The van der Waals surface area contributed by atoms with Gasteiger partial charge in [0.2, 0.25) is 5.91 Å². The Morgan fingerprint density at radius 1 is 1.15 bits per heavy atom. The molecule has 2 aromatic rings. The van der Waals surface area contributed by atoms with Gasteiger partial charge in [0.05, 0.1) is 0 Å². The average Bonchev–Trinajstić information content (AvgIpc) is 2.98. The fourth-order valence-corrected chi connectivity index (χ4v) is 2.93. The first-order valence-corrected chi connectivity index (χ1v) is 8.36. The number of nitrogens with zero attached hydrogens (tertiary/aromatic N) is 1. The number of benzene rings is 2. The van der Waals surface area contributed by atoms with Gasteiger partial charge in [0, 0.05) is 36.1 Å². The molecule has 3 amide bonds. The van der Waals surface area contributed by atoms with E-state index in [-0.39, 0.29) is 24.8 Å². The highest BCUT2D eigenvalue weighted by molar-refractivity contribution is 6.30. The quantitative estimate of drug-likeness (QED) is 0.849. The number of halogens is 3. The largest absolute Gasteiger partial charge is 0.338 e. The molecule has 3 rings (SSSR count). The lowest BCUT2D eigenvalue weighted by atomic mass is 10.1. The fraction of sp³-hybridized carbons (Fsp3) is 0.222. The van der Waals surface area contributed by atoms with Crippen molar-refractivity contribution in [3.05, 3.63) is 59.1 Å². The second-order valence-corrected chi connectivity index (χ2v) is 6.42. The van der Waals surface area contributed by atoms with Gasteiger partial charge < -0.3 is 15.5 Å². The molecule has 1 atom stereocenters. The number of rotatable bonds is 4. The van der Waals surface area contributed by atoms with Crippen LogP contribution in [0.5, 0.6) is 0 Å². The Morgan fingerprint density at radius 2 is 1.81 bits per heavy atom. The lowest BCUT2D eigenvalue weighted by Gasteiger charge is -2.17. The molecule has 5 nitrogen and oxygen atoms in total. The third kappa shape index (κ3) is 4.11. The van der Waals surface area contributed by atoms with Crippen molar-refractivity contribution >= 4 is 34.9 Å². The molecule has 0 spiro atoms. The molecule has 0 bridgehead atoms. The number of para-hydroxylation sites is 1. The summed E-state index contributed by atoms with van der Waals surface area (Å²) in [7, 11) is 0. The zero-order chi connectivity index (χ0) is 18.7. The van der Waals surface area contributed by atoms with E-state index < -0.39 is 23.4 Å². The van der Waals surface area contributed by atoms with Crippen LogP contribution in [0.4, 0.5) is 25.0 Å². The first kappa shape index (κ1) is 18.1. The first-order valence-electron chi connectivity index (χ1n) is 7.99. The Kier molecular flexibility index (Phi) is 5.37. The Balaban J connectivity index is 1.54. The van der Waals surface area contributed by atoms with Gasteiger partial charge in [-0.05, 0) is 36.4 Å². The molecule has 8 heteroatoms. The molecule has 26 heavy (non-hydrogen) atoms. The summed E-state index contributed by atoms with van der Waals surface area (Å²) >= 11 is 5.85. The van der Waals surface area contributed by atoms with Crippen LogP contribution >= 0.6 is 11.6 Å². The van der Waals surface area contributed by atoms with Gasteiger partial charge in [0.1, 0.15) is 17.3 Å². The normalized spacial score (nSPS) is 16.7. The molecule has 1 aliphatic heterocycles. The first-order chi connectivity index (χ1) is 12.4. The molecular weight excluding hydrogens is 364 g/mol. The summed E-state index contributed by atoms with van der Waals surface area (Å²) in [6, 6.07) is 9.50. The van der Waals surface area contributed by atoms with Crippen LogP contribution < -0.4 is 15.5 Å². The van der Waals surface area contributed by atoms with Gasteiger partial charge >= 0.3 is 6.03 Å². The highest BCUT2D eigenvalue weighted by Crippen LogP contribution is 2.26. The zero-order valence-electron chi connectivity index (χ0n) is 13.6. The monoisotopic (exact) mass is 379 g/mol. The third-order valence-electron chi connectivity index (χ3n) is 4.10. The van der Waals surface area contributed by atoms with E-state index in [0.717, 1.165) is 17.8 Å². The van der Waals surface area contributed by atoms with E-state index >= 15 is 0 Å². The Hall–Kier alpha value is -2.67. The molecule has 2 N–H and O–H groups in total. The summed E-state index contributed by atoms with van der Waals surface area (Å²) in [6.07, 6.45) is 0.275. The molecule has 0 aliphatic carbocycles. The smallest absolute Gasteiger partial charge is 0.319 e. The molecule has 1 saturated heterocycles.